The van der Waals surface area contributed by atoms with Crippen LogP contribution in [0.1, 0.15) is 15.9 Å². The minimum absolute atomic E-state index is 0.0369. The Bertz CT molecular complexity index is 810. The maximum absolute atomic E-state index is 11.5. The highest BCUT2D eigenvalue weighted by atomic mass is 32.1. The van der Waals surface area contributed by atoms with Gasteiger partial charge in [-0.05, 0) is 35.4 Å². The van der Waals surface area contributed by atoms with Crippen LogP contribution in [0.15, 0.2) is 54.9 Å². The van der Waals surface area contributed by atoms with Crippen LogP contribution in [0.5, 0.6) is 0 Å². The molecule has 1 aromatic carbocycles. The molecule has 0 aliphatic heterocycles. The van der Waals surface area contributed by atoms with Gasteiger partial charge in [0.15, 0.2) is 0 Å². The molecule has 0 fully saturated rings. The van der Waals surface area contributed by atoms with Crippen molar-refractivity contribution in [3.8, 4) is 20.9 Å². The first-order valence-corrected chi connectivity index (χ1v) is 7.87. The molecule has 0 amide bonds. The lowest BCUT2D eigenvalue weighted by atomic mass is 10.1. The van der Waals surface area contributed by atoms with Gasteiger partial charge in [0.05, 0.1) is 19.3 Å². The Morgan fingerprint density at radius 2 is 2.00 bits per heavy atom. The van der Waals surface area contributed by atoms with Crippen LogP contribution in [-0.4, -0.2) is 23.2 Å². The molecule has 2 aromatic heterocycles. The van der Waals surface area contributed by atoms with Gasteiger partial charge in [-0.25, -0.2) is 4.79 Å². The molecule has 5 heteroatoms. The van der Waals surface area contributed by atoms with E-state index in [2.05, 4.69) is 4.98 Å². The summed E-state index contributed by atoms with van der Waals surface area (Å²) in [4.78, 5) is 17.7. The van der Waals surface area contributed by atoms with E-state index < -0.39 is 0 Å². The van der Waals surface area contributed by atoms with Gasteiger partial charge in [-0.15, -0.1) is 11.3 Å². The monoisotopic (exact) mass is 325 g/mol. The quantitative estimate of drug-likeness (QED) is 0.742. The highest BCUT2D eigenvalue weighted by molar-refractivity contribution is 7.19. The van der Waals surface area contributed by atoms with Crippen LogP contribution < -0.4 is 0 Å². The SMILES string of the molecule is COC(=O)c1ccc(-c2sc(-c3cccnc3)cc2CO)cc1. The van der Waals surface area contributed by atoms with Gasteiger partial charge in [-0.1, -0.05) is 18.2 Å². The Morgan fingerprint density at radius 1 is 1.22 bits per heavy atom. The predicted octanol–water partition coefficient (Wildman–Crippen LogP) is 3.76. The average molecular weight is 325 g/mol. The molecule has 4 nitrogen and oxygen atoms in total. The van der Waals surface area contributed by atoms with Crippen LogP contribution in [0.25, 0.3) is 20.9 Å². The summed E-state index contributed by atoms with van der Waals surface area (Å²) in [5.74, 6) is -0.360. The van der Waals surface area contributed by atoms with E-state index in [4.69, 9.17) is 4.74 Å². The number of benzene rings is 1. The molecule has 0 unspecified atom stereocenters. The molecule has 23 heavy (non-hydrogen) atoms. The van der Waals surface area contributed by atoms with Crippen LogP contribution in [-0.2, 0) is 11.3 Å². The standard InChI is InChI=1S/C18H15NO3S/c1-22-18(21)13-6-4-12(5-7-13)17-15(11-20)9-16(23-17)14-3-2-8-19-10-14/h2-10,20H,11H2,1H3. The largest absolute Gasteiger partial charge is 0.465 e. The van der Waals surface area contributed by atoms with Crippen molar-refractivity contribution < 1.29 is 14.6 Å². The topological polar surface area (TPSA) is 59.4 Å². The van der Waals surface area contributed by atoms with Crippen molar-refractivity contribution in [2.45, 2.75) is 6.61 Å². The van der Waals surface area contributed by atoms with Gasteiger partial charge in [0.2, 0.25) is 0 Å². The van der Waals surface area contributed by atoms with E-state index >= 15 is 0 Å². The second-order valence-corrected chi connectivity index (χ2v) is 5.99. The normalized spacial score (nSPS) is 10.5. The molecule has 0 atom stereocenters. The summed E-state index contributed by atoms with van der Waals surface area (Å²) in [6.07, 6.45) is 3.54. The second-order valence-electron chi connectivity index (χ2n) is 4.93. The molecule has 1 N–H and O–H groups in total. The van der Waals surface area contributed by atoms with Gasteiger partial charge in [0.25, 0.3) is 0 Å². The lowest BCUT2D eigenvalue weighted by Crippen LogP contribution is -2.00. The number of hydrogen-bond donors (Lipinski definition) is 1. The Labute approximate surface area is 138 Å². The number of hydrogen-bond acceptors (Lipinski definition) is 5. The zero-order valence-corrected chi connectivity index (χ0v) is 13.3. The Hall–Kier alpha value is -2.50. The van der Waals surface area contributed by atoms with E-state index in [1.807, 2.05) is 30.3 Å². The summed E-state index contributed by atoms with van der Waals surface area (Å²) in [6, 6.07) is 13.0. The molecule has 0 saturated heterocycles. The zero-order chi connectivity index (χ0) is 16.2. The fraction of sp³-hybridized carbons (Fsp3) is 0.111. The summed E-state index contributed by atoms with van der Waals surface area (Å²) in [5, 5.41) is 9.64. The maximum atomic E-state index is 11.5. The number of methoxy groups -OCH3 is 1. The molecule has 3 aromatic rings. The van der Waals surface area contributed by atoms with Crippen molar-refractivity contribution in [3.63, 3.8) is 0 Å². The number of pyridine rings is 1. The number of esters is 1. The van der Waals surface area contributed by atoms with E-state index in [-0.39, 0.29) is 12.6 Å². The third kappa shape index (κ3) is 3.16. The van der Waals surface area contributed by atoms with Gasteiger partial charge < -0.3 is 9.84 Å². The number of aliphatic hydroxyl groups excluding tert-OH is 1. The fourth-order valence-corrected chi connectivity index (χ4v) is 3.49. The van der Waals surface area contributed by atoms with Gasteiger partial charge in [0, 0.05) is 27.7 Å². The number of carbonyl (C=O) groups excluding carboxylic acids is 1. The molecule has 0 saturated carbocycles. The molecular formula is C18H15NO3S. The molecule has 0 aliphatic carbocycles. The molecule has 0 aliphatic rings. The van der Waals surface area contributed by atoms with Crippen molar-refractivity contribution in [1.29, 1.82) is 0 Å². The first kappa shape index (κ1) is 15.4. The van der Waals surface area contributed by atoms with Crippen molar-refractivity contribution in [3.05, 3.63) is 66.0 Å². The number of aromatic nitrogens is 1. The lowest BCUT2D eigenvalue weighted by molar-refractivity contribution is 0.0601. The lowest BCUT2D eigenvalue weighted by Gasteiger charge is -2.03. The summed E-state index contributed by atoms with van der Waals surface area (Å²) < 4.78 is 4.71. The van der Waals surface area contributed by atoms with Crippen molar-refractivity contribution >= 4 is 17.3 Å². The summed E-state index contributed by atoms with van der Waals surface area (Å²) in [7, 11) is 1.36. The van der Waals surface area contributed by atoms with Crippen molar-refractivity contribution in [2.75, 3.05) is 7.11 Å². The first-order chi connectivity index (χ1) is 11.2. The molecule has 2 heterocycles. The van der Waals surface area contributed by atoms with Gasteiger partial charge in [-0.3, -0.25) is 4.98 Å². The van der Waals surface area contributed by atoms with Crippen LogP contribution >= 0.6 is 11.3 Å². The third-order valence-electron chi connectivity index (χ3n) is 3.49. The Kier molecular flexibility index (Phi) is 4.50. The number of ether oxygens (including phenoxy) is 1. The van der Waals surface area contributed by atoms with E-state index in [1.54, 1.807) is 35.9 Å². The molecule has 116 valence electrons. The first-order valence-electron chi connectivity index (χ1n) is 7.05. The van der Waals surface area contributed by atoms with Gasteiger partial charge in [-0.2, -0.15) is 0 Å². The van der Waals surface area contributed by atoms with Crippen LogP contribution in [0, 0.1) is 0 Å². The number of thiophene rings is 1. The molecule has 3 rings (SSSR count). The molecule has 0 spiro atoms. The van der Waals surface area contributed by atoms with E-state index in [0.29, 0.717) is 5.56 Å². The zero-order valence-electron chi connectivity index (χ0n) is 12.5. The third-order valence-corrected chi connectivity index (χ3v) is 4.77. The molecule has 0 radical (unpaired) electrons. The highest BCUT2D eigenvalue weighted by Crippen LogP contribution is 2.38. The van der Waals surface area contributed by atoms with E-state index in [1.165, 1.54) is 7.11 Å². The van der Waals surface area contributed by atoms with Crippen molar-refractivity contribution in [1.82, 2.24) is 4.98 Å². The summed E-state index contributed by atoms with van der Waals surface area (Å²) in [6.45, 7) is -0.0369. The number of rotatable bonds is 4. The molecule has 0 bridgehead atoms. The Balaban J connectivity index is 1.99. The number of aliphatic hydroxyl groups is 1. The van der Waals surface area contributed by atoms with E-state index in [9.17, 15) is 9.90 Å². The smallest absolute Gasteiger partial charge is 0.337 e. The van der Waals surface area contributed by atoms with Crippen LogP contribution in [0.4, 0.5) is 0 Å². The van der Waals surface area contributed by atoms with Crippen LogP contribution in [0.3, 0.4) is 0 Å². The number of carbonyl (C=O) groups is 1. The number of nitrogens with zero attached hydrogens (tertiary/aromatic N) is 1. The maximum Gasteiger partial charge on any atom is 0.337 e. The minimum Gasteiger partial charge on any atom is -0.465 e. The molecular weight excluding hydrogens is 310 g/mol. The average Bonchev–Trinajstić information content (AvgIpc) is 3.06. The van der Waals surface area contributed by atoms with Crippen LogP contribution in [0.2, 0.25) is 0 Å². The fourth-order valence-electron chi connectivity index (χ4n) is 2.32. The van der Waals surface area contributed by atoms with Crippen molar-refractivity contribution in [2.24, 2.45) is 0 Å². The second kappa shape index (κ2) is 6.73. The predicted molar refractivity (Wildman–Crippen MR) is 90.2 cm³/mol. The summed E-state index contributed by atoms with van der Waals surface area (Å²) in [5.41, 5.74) is 3.34. The summed E-state index contributed by atoms with van der Waals surface area (Å²) >= 11 is 1.59. The Morgan fingerprint density at radius 3 is 2.61 bits per heavy atom. The van der Waals surface area contributed by atoms with E-state index in [0.717, 1.165) is 26.4 Å². The van der Waals surface area contributed by atoms with Gasteiger partial charge >= 0.3 is 5.97 Å². The minimum atomic E-state index is -0.360. The van der Waals surface area contributed by atoms with Gasteiger partial charge in [0.1, 0.15) is 0 Å². The highest BCUT2D eigenvalue weighted by Gasteiger charge is 2.13.